The first kappa shape index (κ1) is 11.1. The molecule has 0 aromatic carbocycles. The molecule has 5 heteroatoms. The molecule has 1 aliphatic rings. The molecule has 1 aromatic heterocycles. The number of nitrogens with zero attached hydrogens (tertiary/aromatic N) is 3. The van der Waals surface area contributed by atoms with Crippen LogP contribution in [-0.4, -0.2) is 20.1 Å². The van der Waals surface area contributed by atoms with E-state index in [1.165, 1.54) is 22.0 Å². The number of aromatic nitrogens is 3. The highest BCUT2D eigenvalue weighted by Crippen LogP contribution is 2.24. The molecular formula is C11H17N3O2. The first-order valence-corrected chi connectivity index (χ1v) is 5.79. The molecule has 1 fully saturated rings. The second-order valence-corrected chi connectivity index (χ2v) is 4.48. The van der Waals surface area contributed by atoms with Crippen LogP contribution in [0.15, 0.2) is 11.1 Å². The molecule has 0 radical (unpaired) electrons. The average molecular weight is 223 g/mol. The maximum atomic E-state index is 11.9. The van der Waals surface area contributed by atoms with Gasteiger partial charge in [-0.1, -0.05) is 19.3 Å². The van der Waals surface area contributed by atoms with Gasteiger partial charge >= 0.3 is 5.69 Å². The van der Waals surface area contributed by atoms with Crippen LogP contribution in [0, 0.1) is 5.92 Å². The van der Waals surface area contributed by atoms with Crippen LogP contribution in [0.2, 0.25) is 0 Å². The lowest BCUT2D eigenvalue weighted by Gasteiger charge is -2.19. The fourth-order valence-electron chi connectivity index (χ4n) is 2.23. The largest absolute Gasteiger partial charge is 0.345 e. The van der Waals surface area contributed by atoms with Gasteiger partial charge in [-0.25, -0.2) is 9.48 Å². The molecule has 0 N–H and O–H groups in total. The van der Waals surface area contributed by atoms with Gasteiger partial charge in [-0.2, -0.15) is 5.10 Å². The Morgan fingerprint density at radius 1 is 1.44 bits per heavy atom. The van der Waals surface area contributed by atoms with E-state index >= 15 is 0 Å². The fraction of sp³-hybridized carbons (Fsp3) is 0.727. The van der Waals surface area contributed by atoms with Gasteiger partial charge in [0.25, 0.3) is 0 Å². The van der Waals surface area contributed by atoms with Gasteiger partial charge < -0.3 is 0 Å². The van der Waals surface area contributed by atoms with E-state index in [0.29, 0.717) is 0 Å². The van der Waals surface area contributed by atoms with E-state index in [9.17, 15) is 9.59 Å². The average Bonchev–Trinajstić information content (AvgIpc) is 2.62. The highest BCUT2D eigenvalue weighted by Gasteiger charge is 2.22. The summed E-state index contributed by atoms with van der Waals surface area (Å²) in [6.07, 6.45) is 6.88. The summed E-state index contributed by atoms with van der Waals surface area (Å²) in [4.78, 5) is 23.4. The van der Waals surface area contributed by atoms with E-state index in [0.717, 1.165) is 25.7 Å². The zero-order valence-corrected chi connectivity index (χ0v) is 9.56. The second kappa shape index (κ2) is 4.63. The van der Waals surface area contributed by atoms with Crippen LogP contribution < -0.4 is 5.69 Å². The Morgan fingerprint density at radius 3 is 2.69 bits per heavy atom. The number of ketones is 1. The first-order valence-electron chi connectivity index (χ1n) is 5.79. The lowest BCUT2D eigenvalue weighted by atomic mass is 9.86. The normalized spacial score (nSPS) is 17.6. The molecule has 0 spiro atoms. The highest BCUT2D eigenvalue weighted by atomic mass is 16.2. The molecule has 0 aliphatic heterocycles. The van der Waals surface area contributed by atoms with Crippen molar-refractivity contribution in [2.45, 2.75) is 38.6 Å². The fourth-order valence-corrected chi connectivity index (χ4v) is 2.23. The summed E-state index contributed by atoms with van der Waals surface area (Å²) in [5, 5.41) is 3.90. The van der Waals surface area contributed by atoms with Gasteiger partial charge in [0.2, 0.25) is 0 Å². The Labute approximate surface area is 94.1 Å². The van der Waals surface area contributed by atoms with Gasteiger partial charge in [0.15, 0.2) is 5.78 Å². The number of aryl methyl sites for hydroxylation is 1. The maximum absolute atomic E-state index is 11.9. The SMILES string of the molecule is Cn1cnn(CC(=O)C2CCCCC2)c1=O. The summed E-state index contributed by atoms with van der Waals surface area (Å²) in [6.45, 7) is 0.129. The molecule has 1 aromatic rings. The van der Waals surface area contributed by atoms with Crippen LogP contribution in [-0.2, 0) is 18.4 Å². The van der Waals surface area contributed by atoms with Gasteiger partial charge in [-0.15, -0.1) is 0 Å². The van der Waals surface area contributed by atoms with Gasteiger partial charge in [0.1, 0.15) is 12.9 Å². The number of hydrogen-bond acceptors (Lipinski definition) is 3. The summed E-state index contributed by atoms with van der Waals surface area (Å²) < 4.78 is 2.63. The molecule has 1 saturated carbocycles. The Balaban J connectivity index is 2.01. The van der Waals surface area contributed by atoms with Crippen LogP contribution >= 0.6 is 0 Å². The minimum Gasteiger partial charge on any atom is -0.297 e. The number of carbonyl (C=O) groups excluding carboxylic acids is 1. The zero-order chi connectivity index (χ0) is 11.5. The number of hydrogen-bond donors (Lipinski definition) is 0. The van der Waals surface area contributed by atoms with E-state index in [-0.39, 0.29) is 23.9 Å². The lowest BCUT2D eigenvalue weighted by molar-refractivity contribution is -0.124. The zero-order valence-electron chi connectivity index (χ0n) is 9.56. The Morgan fingerprint density at radius 2 is 2.12 bits per heavy atom. The molecule has 0 amide bonds. The molecule has 0 unspecified atom stereocenters. The third-order valence-electron chi connectivity index (χ3n) is 3.25. The molecular weight excluding hydrogens is 206 g/mol. The van der Waals surface area contributed by atoms with Crippen molar-refractivity contribution in [1.29, 1.82) is 0 Å². The topological polar surface area (TPSA) is 56.9 Å². The van der Waals surface area contributed by atoms with E-state index < -0.39 is 0 Å². The van der Waals surface area contributed by atoms with Gasteiger partial charge in [-0.05, 0) is 12.8 Å². The Kier molecular flexibility index (Phi) is 3.22. The van der Waals surface area contributed by atoms with Gasteiger partial charge in [0, 0.05) is 13.0 Å². The van der Waals surface area contributed by atoms with E-state index in [1.807, 2.05) is 0 Å². The Hall–Kier alpha value is -1.39. The smallest absolute Gasteiger partial charge is 0.297 e. The molecule has 5 nitrogen and oxygen atoms in total. The summed E-state index contributed by atoms with van der Waals surface area (Å²) in [6, 6.07) is 0. The second-order valence-electron chi connectivity index (χ2n) is 4.48. The van der Waals surface area contributed by atoms with E-state index in [1.54, 1.807) is 7.05 Å². The van der Waals surface area contributed by atoms with Crippen molar-refractivity contribution in [3.8, 4) is 0 Å². The summed E-state index contributed by atoms with van der Waals surface area (Å²) >= 11 is 0. The van der Waals surface area contributed by atoms with Crippen molar-refractivity contribution in [3.05, 3.63) is 16.8 Å². The van der Waals surface area contributed by atoms with Crippen LogP contribution in [0.25, 0.3) is 0 Å². The van der Waals surface area contributed by atoms with Crippen LogP contribution in [0.4, 0.5) is 0 Å². The van der Waals surface area contributed by atoms with Crippen molar-refractivity contribution < 1.29 is 4.79 Å². The Bertz CT molecular complexity index is 427. The monoisotopic (exact) mass is 223 g/mol. The first-order chi connectivity index (χ1) is 7.68. The molecule has 16 heavy (non-hydrogen) atoms. The van der Waals surface area contributed by atoms with Crippen molar-refractivity contribution in [3.63, 3.8) is 0 Å². The van der Waals surface area contributed by atoms with Crippen molar-refractivity contribution in [1.82, 2.24) is 14.3 Å². The van der Waals surface area contributed by atoms with Crippen LogP contribution in [0.1, 0.15) is 32.1 Å². The summed E-state index contributed by atoms with van der Waals surface area (Å²) in [5.74, 6) is 0.295. The third kappa shape index (κ3) is 2.23. The predicted molar refractivity (Wildman–Crippen MR) is 59.1 cm³/mol. The van der Waals surface area contributed by atoms with Crippen molar-refractivity contribution in [2.24, 2.45) is 13.0 Å². The van der Waals surface area contributed by atoms with Crippen LogP contribution in [0.3, 0.4) is 0 Å². The molecule has 0 saturated heterocycles. The number of rotatable bonds is 3. The summed E-state index contributed by atoms with van der Waals surface area (Å²) in [5.41, 5.74) is -0.218. The maximum Gasteiger partial charge on any atom is 0.345 e. The minimum absolute atomic E-state index is 0.129. The van der Waals surface area contributed by atoms with E-state index in [2.05, 4.69) is 5.10 Å². The molecule has 1 heterocycles. The standard InChI is InChI=1S/C11H17N3O2/c1-13-8-12-14(11(13)16)7-10(15)9-5-3-2-4-6-9/h8-9H,2-7H2,1H3. The molecule has 0 atom stereocenters. The quantitative estimate of drug-likeness (QED) is 0.759. The predicted octanol–water partition coefficient (Wildman–Crippen LogP) is 0.731. The van der Waals surface area contributed by atoms with Gasteiger partial charge in [-0.3, -0.25) is 9.36 Å². The van der Waals surface area contributed by atoms with Gasteiger partial charge in [0.05, 0.1) is 0 Å². The van der Waals surface area contributed by atoms with Crippen molar-refractivity contribution >= 4 is 5.78 Å². The van der Waals surface area contributed by atoms with E-state index in [4.69, 9.17) is 0 Å². The molecule has 1 aliphatic carbocycles. The lowest BCUT2D eigenvalue weighted by Crippen LogP contribution is -2.30. The summed E-state index contributed by atoms with van der Waals surface area (Å²) in [7, 11) is 1.64. The minimum atomic E-state index is -0.218. The number of Topliss-reactive ketones (excluding diaryl/α,β-unsaturated/α-hetero) is 1. The molecule has 88 valence electrons. The highest BCUT2D eigenvalue weighted by molar-refractivity contribution is 5.80. The molecule has 2 rings (SSSR count). The number of carbonyl (C=O) groups is 1. The molecule has 0 bridgehead atoms. The third-order valence-corrected chi connectivity index (χ3v) is 3.25. The van der Waals surface area contributed by atoms with Crippen LogP contribution in [0.5, 0.6) is 0 Å². The van der Waals surface area contributed by atoms with Crippen molar-refractivity contribution in [2.75, 3.05) is 0 Å².